The van der Waals surface area contributed by atoms with Gasteiger partial charge in [0.25, 0.3) is 0 Å². The van der Waals surface area contributed by atoms with Crippen molar-refractivity contribution in [1.29, 1.82) is 0 Å². The lowest BCUT2D eigenvalue weighted by atomic mass is 10.1. The average Bonchev–Trinajstić information content (AvgIpc) is 3.19. The molecule has 0 aliphatic rings. The minimum atomic E-state index is -3.53. The number of rotatable bonds is 11. The zero-order chi connectivity index (χ0) is 26.6. The van der Waals surface area contributed by atoms with Crippen molar-refractivity contribution in [2.45, 2.75) is 23.1 Å². The molecule has 2 heterocycles. The van der Waals surface area contributed by atoms with Crippen molar-refractivity contribution in [1.82, 2.24) is 19.7 Å². The Labute approximate surface area is 229 Å². The number of aromatic nitrogens is 4. The Morgan fingerprint density at radius 2 is 2.05 bits per heavy atom. The molecule has 2 aromatic heterocycles. The number of carboxylic acids is 1. The Bertz CT molecular complexity index is 1630. The number of benzene rings is 2. The van der Waals surface area contributed by atoms with Gasteiger partial charge in [0.15, 0.2) is 18.1 Å². The van der Waals surface area contributed by atoms with Crippen LogP contribution in [0.25, 0.3) is 10.9 Å². The number of carbonyl (C=O) groups is 1. The van der Waals surface area contributed by atoms with Crippen molar-refractivity contribution in [3.8, 4) is 0 Å². The molecule has 0 saturated carbocycles. The number of anilines is 2. The summed E-state index contributed by atoms with van der Waals surface area (Å²) >= 11 is 13.6. The van der Waals surface area contributed by atoms with Crippen LogP contribution in [0.5, 0.6) is 0 Å². The van der Waals surface area contributed by atoms with Gasteiger partial charge in [-0.15, -0.1) is 0 Å². The van der Waals surface area contributed by atoms with Crippen molar-refractivity contribution in [2.75, 3.05) is 16.8 Å². The summed E-state index contributed by atoms with van der Waals surface area (Å²) in [6, 6.07) is 9.28. The van der Waals surface area contributed by atoms with E-state index in [0.717, 1.165) is 0 Å². The molecule has 0 unspecified atom stereocenters. The van der Waals surface area contributed by atoms with E-state index in [-0.39, 0.29) is 29.5 Å². The second-order valence-electron chi connectivity index (χ2n) is 7.77. The smallest absolute Gasteiger partial charge is 0.304 e. The van der Waals surface area contributed by atoms with Gasteiger partial charge in [0, 0.05) is 16.8 Å². The van der Waals surface area contributed by atoms with E-state index in [9.17, 15) is 17.6 Å². The summed E-state index contributed by atoms with van der Waals surface area (Å²) in [6.45, 7) is 0.0893. The molecule has 37 heavy (non-hydrogen) atoms. The fourth-order valence-electron chi connectivity index (χ4n) is 3.27. The first-order valence-electron chi connectivity index (χ1n) is 10.7. The highest BCUT2D eigenvalue weighted by atomic mass is 35.5. The van der Waals surface area contributed by atoms with E-state index in [2.05, 4.69) is 20.4 Å². The summed E-state index contributed by atoms with van der Waals surface area (Å²) in [4.78, 5) is 19.1. The fourth-order valence-corrected chi connectivity index (χ4v) is 7.11. The molecule has 15 heteroatoms. The zero-order valence-electron chi connectivity index (χ0n) is 18.9. The number of thioether (sulfide) groups is 1. The van der Waals surface area contributed by atoms with Gasteiger partial charge in [-0.25, -0.2) is 27.5 Å². The standard InChI is InChI=1S/C22H19ClFN5O4S4/c23-16-10-14(2-3-17(16)24)27-20-15-9-13(1-4-18(15)25-12-26-20)11-37(32,33)8-6-29-22(34)36-21(28-29)35-7-5-19(30)31/h1-4,9-10,12H,5-8,11H2,(H,30,31)(H,25,26,27). The van der Waals surface area contributed by atoms with E-state index in [0.29, 0.717) is 42.0 Å². The number of aliphatic carboxylic acids is 1. The highest BCUT2D eigenvalue weighted by Gasteiger charge is 2.16. The number of aryl methyl sites for hydroxylation is 1. The molecule has 4 rings (SSSR count). The molecule has 2 aromatic carbocycles. The number of fused-ring (bicyclic) bond motifs is 1. The summed E-state index contributed by atoms with van der Waals surface area (Å²) in [5.74, 6) is -1.05. The van der Waals surface area contributed by atoms with Crippen molar-refractivity contribution in [3.05, 3.63) is 63.1 Å². The maximum Gasteiger partial charge on any atom is 0.304 e. The van der Waals surface area contributed by atoms with Gasteiger partial charge in [-0.3, -0.25) is 4.79 Å². The highest BCUT2D eigenvalue weighted by Crippen LogP contribution is 2.27. The monoisotopic (exact) mass is 599 g/mol. The topological polar surface area (TPSA) is 127 Å². The van der Waals surface area contributed by atoms with E-state index < -0.39 is 21.6 Å². The molecule has 0 aliphatic heterocycles. The molecule has 0 radical (unpaired) electrons. The van der Waals surface area contributed by atoms with Gasteiger partial charge in [-0.05, 0) is 48.1 Å². The lowest BCUT2D eigenvalue weighted by Gasteiger charge is -2.11. The van der Waals surface area contributed by atoms with Gasteiger partial charge in [-0.2, -0.15) is 5.10 Å². The number of halogens is 2. The van der Waals surface area contributed by atoms with Crippen LogP contribution in [0.1, 0.15) is 12.0 Å². The molecule has 194 valence electrons. The maximum absolute atomic E-state index is 13.5. The second-order valence-corrected chi connectivity index (χ2v) is 13.3. The second kappa shape index (κ2) is 11.8. The van der Waals surface area contributed by atoms with Crippen LogP contribution in [0, 0.1) is 9.77 Å². The third kappa shape index (κ3) is 7.45. The van der Waals surface area contributed by atoms with E-state index in [1.54, 1.807) is 18.2 Å². The van der Waals surface area contributed by atoms with Gasteiger partial charge in [0.2, 0.25) is 0 Å². The minimum Gasteiger partial charge on any atom is -0.481 e. The van der Waals surface area contributed by atoms with E-state index in [1.165, 1.54) is 52.3 Å². The molecule has 0 atom stereocenters. The SMILES string of the molecule is O=C(O)CCSc1nn(CCS(=O)(=O)Cc2ccc3ncnc(Nc4ccc(F)c(Cl)c4)c3c2)c(=S)s1. The molecule has 9 nitrogen and oxygen atoms in total. The molecule has 2 N–H and O–H groups in total. The summed E-state index contributed by atoms with van der Waals surface area (Å²) < 4.78 is 41.7. The van der Waals surface area contributed by atoms with Gasteiger partial charge < -0.3 is 10.4 Å². The summed E-state index contributed by atoms with van der Waals surface area (Å²) in [7, 11) is -3.53. The summed E-state index contributed by atoms with van der Waals surface area (Å²) in [6.07, 6.45) is 1.37. The van der Waals surface area contributed by atoms with Crippen LogP contribution in [0.2, 0.25) is 5.02 Å². The highest BCUT2D eigenvalue weighted by molar-refractivity contribution is 8.01. The summed E-state index contributed by atoms with van der Waals surface area (Å²) in [5.41, 5.74) is 1.67. The van der Waals surface area contributed by atoms with Crippen LogP contribution >= 0.6 is 46.9 Å². The predicted molar refractivity (Wildman–Crippen MR) is 146 cm³/mol. The maximum atomic E-state index is 13.5. The predicted octanol–water partition coefficient (Wildman–Crippen LogP) is 5.34. The number of carboxylic acid groups (broad SMARTS) is 1. The van der Waals surface area contributed by atoms with E-state index in [4.69, 9.17) is 28.9 Å². The molecule has 4 aromatic rings. The Hall–Kier alpha value is -2.65. The van der Waals surface area contributed by atoms with E-state index in [1.807, 2.05) is 0 Å². The number of hydrogen-bond acceptors (Lipinski definition) is 10. The minimum absolute atomic E-state index is 0.00291. The Kier molecular flexibility index (Phi) is 8.75. The third-order valence-corrected chi connectivity index (χ3v) is 9.32. The average molecular weight is 600 g/mol. The number of nitrogens with zero attached hydrogens (tertiary/aromatic N) is 4. The van der Waals surface area contributed by atoms with Gasteiger partial charge in [0.05, 0.1) is 35.0 Å². The van der Waals surface area contributed by atoms with Crippen LogP contribution in [0.15, 0.2) is 47.1 Å². The van der Waals surface area contributed by atoms with Crippen LogP contribution in [0.4, 0.5) is 15.9 Å². The van der Waals surface area contributed by atoms with Crippen LogP contribution < -0.4 is 5.32 Å². The van der Waals surface area contributed by atoms with Gasteiger partial charge in [-0.1, -0.05) is 40.8 Å². The van der Waals surface area contributed by atoms with Crippen molar-refractivity contribution in [2.24, 2.45) is 0 Å². The molecular formula is C22H19ClFN5O4S4. The Balaban J connectivity index is 1.46. The lowest BCUT2D eigenvalue weighted by Crippen LogP contribution is -2.16. The largest absolute Gasteiger partial charge is 0.481 e. The fraction of sp³-hybridized carbons (Fsp3) is 0.227. The van der Waals surface area contributed by atoms with Crippen LogP contribution in [0.3, 0.4) is 0 Å². The number of hydrogen-bond donors (Lipinski definition) is 2. The molecule has 0 aliphatic carbocycles. The number of nitrogens with one attached hydrogen (secondary N) is 1. The van der Waals surface area contributed by atoms with Crippen molar-refractivity contribution >= 4 is 85.1 Å². The normalized spacial score (nSPS) is 11.6. The number of sulfone groups is 1. The zero-order valence-corrected chi connectivity index (χ0v) is 22.9. The first-order chi connectivity index (χ1) is 17.6. The Morgan fingerprint density at radius 1 is 1.24 bits per heavy atom. The third-order valence-electron chi connectivity index (χ3n) is 5.01. The molecule has 0 saturated heterocycles. The molecule has 0 fully saturated rings. The molecule has 0 spiro atoms. The van der Waals surface area contributed by atoms with Crippen molar-refractivity contribution < 1.29 is 22.7 Å². The molecular weight excluding hydrogens is 581 g/mol. The first kappa shape index (κ1) is 27.4. The van der Waals surface area contributed by atoms with Gasteiger partial charge in [0.1, 0.15) is 18.0 Å². The molecule has 0 amide bonds. The van der Waals surface area contributed by atoms with Crippen LogP contribution in [-0.4, -0.2) is 50.7 Å². The van der Waals surface area contributed by atoms with E-state index >= 15 is 0 Å². The Morgan fingerprint density at radius 3 is 2.81 bits per heavy atom. The first-order valence-corrected chi connectivity index (χ1v) is 15.1. The quantitative estimate of drug-likeness (QED) is 0.172. The van der Waals surface area contributed by atoms with Crippen LogP contribution in [-0.2, 0) is 26.9 Å². The van der Waals surface area contributed by atoms with Crippen molar-refractivity contribution in [3.63, 3.8) is 0 Å². The molecule has 0 bridgehead atoms. The summed E-state index contributed by atoms with van der Waals surface area (Å²) in [5, 5.41) is 16.7. The lowest BCUT2D eigenvalue weighted by molar-refractivity contribution is -0.136. The van der Waals surface area contributed by atoms with Gasteiger partial charge >= 0.3 is 5.97 Å².